The van der Waals surface area contributed by atoms with Crippen molar-refractivity contribution < 1.29 is 14.3 Å². The second-order valence-electron chi connectivity index (χ2n) is 8.13. The molecule has 1 aromatic carbocycles. The van der Waals surface area contributed by atoms with Crippen LogP contribution in [0.4, 0.5) is 0 Å². The van der Waals surface area contributed by atoms with Crippen LogP contribution < -0.4 is 0 Å². The van der Waals surface area contributed by atoms with Crippen LogP contribution in [0.5, 0.6) is 0 Å². The van der Waals surface area contributed by atoms with Gasteiger partial charge in [-0.1, -0.05) is 58.7 Å². The van der Waals surface area contributed by atoms with Gasteiger partial charge in [0.15, 0.2) is 0 Å². The van der Waals surface area contributed by atoms with E-state index >= 15 is 0 Å². The molecule has 3 nitrogen and oxygen atoms in total. The van der Waals surface area contributed by atoms with Gasteiger partial charge < -0.3 is 4.74 Å². The van der Waals surface area contributed by atoms with E-state index in [-0.39, 0.29) is 16.8 Å². The molecule has 0 heterocycles. The van der Waals surface area contributed by atoms with Gasteiger partial charge in [-0.15, -0.1) is 0 Å². The van der Waals surface area contributed by atoms with Crippen LogP contribution in [0, 0.1) is 16.7 Å². The minimum Gasteiger partial charge on any atom is -0.462 e. The average molecular weight is 344 g/mol. The molecule has 138 valence electrons. The van der Waals surface area contributed by atoms with E-state index in [1.54, 1.807) is 12.1 Å². The molecule has 0 radical (unpaired) electrons. The predicted molar refractivity (Wildman–Crippen MR) is 100 cm³/mol. The number of carbonyl (C=O) groups excluding carboxylic acids is 2. The van der Waals surface area contributed by atoms with Gasteiger partial charge in [-0.3, -0.25) is 4.79 Å². The second-order valence-corrected chi connectivity index (χ2v) is 8.13. The minimum absolute atomic E-state index is 0.0255. The first kappa shape index (κ1) is 19.7. The van der Waals surface area contributed by atoms with E-state index < -0.39 is 0 Å². The van der Waals surface area contributed by atoms with Crippen LogP contribution in [0.2, 0.25) is 0 Å². The molecular formula is C22H32O3. The summed E-state index contributed by atoms with van der Waals surface area (Å²) in [7, 11) is 0. The van der Waals surface area contributed by atoms with E-state index in [9.17, 15) is 9.59 Å². The quantitative estimate of drug-likeness (QED) is 0.528. The predicted octanol–water partition coefficient (Wildman–Crippen LogP) is 5.44. The molecule has 2 aliphatic rings. The highest BCUT2D eigenvalue weighted by molar-refractivity contribution is 5.89. The summed E-state index contributed by atoms with van der Waals surface area (Å²) in [5.41, 5.74) is 0.936. The number of carbonyl (C=O) groups is 2. The van der Waals surface area contributed by atoms with Crippen molar-refractivity contribution in [3.8, 4) is 0 Å². The normalized spacial score (nSPS) is 26.1. The number of unbranched alkanes of at least 4 members (excludes halogenated alkanes) is 2. The maximum Gasteiger partial charge on any atom is 0.338 e. The fourth-order valence-corrected chi connectivity index (χ4v) is 4.08. The van der Waals surface area contributed by atoms with Crippen molar-refractivity contribution in [1.82, 2.24) is 0 Å². The Bertz CT molecular complexity index is 591. The van der Waals surface area contributed by atoms with Crippen molar-refractivity contribution in [2.24, 2.45) is 16.7 Å². The second kappa shape index (κ2) is 8.16. The molecule has 0 N–H and O–H groups in total. The number of rotatable bonds is 5. The molecule has 3 rings (SSSR count). The lowest BCUT2D eigenvalue weighted by Gasteiger charge is -2.32. The molecule has 3 heteroatoms. The lowest BCUT2D eigenvalue weighted by molar-refractivity contribution is -0.128. The number of Topliss-reactive ketones (excluding diaryl/α,β-unsaturated/α-hetero) is 1. The number of hydrogen-bond acceptors (Lipinski definition) is 3. The molecular weight excluding hydrogens is 312 g/mol. The third kappa shape index (κ3) is 4.13. The zero-order valence-electron chi connectivity index (χ0n) is 16.1. The Hall–Kier alpha value is -1.64. The van der Waals surface area contributed by atoms with Crippen molar-refractivity contribution in [3.05, 3.63) is 35.9 Å². The number of ketones is 1. The molecule has 2 atom stereocenters. The third-order valence-electron chi connectivity index (χ3n) is 6.47. The van der Waals surface area contributed by atoms with Gasteiger partial charge in [-0.25, -0.2) is 4.79 Å². The van der Waals surface area contributed by atoms with Gasteiger partial charge in [0.1, 0.15) is 5.78 Å². The van der Waals surface area contributed by atoms with Crippen molar-refractivity contribution in [2.45, 2.75) is 66.2 Å². The summed E-state index contributed by atoms with van der Waals surface area (Å²) in [6.45, 7) is 9.33. The lowest BCUT2D eigenvalue weighted by Crippen LogP contribution is -2.32. The van der Waals surface area contributed by atoms with Crippen molar-refractivity contribution in [2.75, 3.05) is 6.61 Å². The van der Waals surface area contributed by atoms with Gasteiger partial charge in [-0.05, 0) is 42.7 Å². The molecule has 0 spiro atoms. The number of benzene rings is 1. The van der Waals surface area contributed by atoms with Crippen LogP contribution in [-0.2, 0) is 9.53 Å². The van der Waals surface area contributed by atoms with Crippen LogP contribution in [0.1, 0.15) is 76.6 Å². The van der Waals surface area contributed by atoms with E-state index in [2.05, 4.69) is 27.7 Å². The highest BCUT2D eigenvalue weighted by Gasteiger charge is 2.61. The van der Waals surface area contributed by atoms with Crippen LogP contribution in [0.25, 0.3) is 0 Å². The molecule has 0 aromatic heterocycles. The Kier molecular flexibility index (Phi) is 6.42. The summed E-state index contributed by atoms with van der Waals surface area (Å²) in [5, 5.41) is 0. The van der Waals surface area contributed by atoms with E-state index in [0.29, 0.717) is 23.9 Å². The summed E-state index contributed by atoms with van der Waals surface area (Å²) >= 11 is 0. The minimum atomic E-state index is -0.221. The van der Waals surface area contributed by atoms with Crippen molar-refractivity contribution in [1.29, 1.82) is 0 Å². The number of fused-ring (bicyclic) bond motifs is 2. The first-order valence-corrected chi connectivity index (χ1v) is 9.58. The molecule has 25 heavy (non-hydrogen) atoms. The first-order chi connectivity index (χ1) is 11.8. The van der Waals surface area contributed by atoms with Crippen molar-refractivity contribution >= 4 is 11.8 Å². The van der Waals surface area contributed by atoms with E-state index in [0.717, 1.165) is 32.1 Å². The summed E-state index contributed by atoms with van der Waals surface area (Å²) in [6, 6.07) is 9.09. The Morgan fingerprint density at radius 3 is 2.28 bits per heavy atom. The van der Waals surface area contributed by atoms with Gasteiger partial charge in [-0.2, -0.15) is 0 Å². The summed E-state index contributed by atoms with van der Waals surface area (Å²) < 4.78 is 5.09. The SMILES string of the molecule is CC12CCC(CC1=O)C2(C)C.CCCCCOC(=O)c1ccccc1. The number of ether oxygens (including phenoxy) is 1. The first-order valence-electron chi connectivity index (χ1n) is 9.58. The van der Waals surface area contributed by atoms with Crippen molar-refractivity contribution in [3.63, 3.8) is 0 Å². The molecule has 2 unspecified atom stereocenters. The molecule has 0 saturated heterocycles. The maximum absolute atomic E-state index is 11.6. The summed E-state index contributed by atoms with van der Waals surface area (Å²) in [6.07, 6.45) is 6.46. The maximum atomic E-state index is 11.6. The van der Waals surface area contributed by atoms with Gasteiger partial charge in [0.05, 0.1) is 12.2 Å². The van der Waals surface area contributed by atoms with E-state index in [1.165, 1.54) is 6.42 Å². The highest BCUT2D eigenvalue weighted by Crippen LogP contribution is 2.63. The molecule has 0 amide bonds. The molecule has 2 aliphatic carbocycles. The molecule has 0 aliphatic heterocycles. The van der Waals surface area contributed by atoms with Gasteiger partial charge in [0.25, 0.3) is 0 Å². The molecule has 2 bridgehead atoms. The van der Waals surface area contributed by atoms with Gasteiger partial charge in [0.2, 0.25) is 0 Å². The Morgan fingerprint density at radius 2 is 1.84 bits per heavy atom. The largest absolute Gasteiger partial charge is 0.462 e. The Morgan fingerprint density at radius 1 is 1.16 bits per heavy atom. The molecule has 2 fully saturated rings. The van der Waals surface area contributed by atoms with Crippen LogP contribution in [-0.4, -0.2) is 18.4 Å². The Labute approximate surface area is 152 Å². The molecule has 2 saturated carbocycles. The standard InChI is InChI=1S/C12H16O2.C10H16O/c1-2-3-7-10-14-12(13)11-8-5-4-6-9-11;1-9(2)7-4-5-10(9,3)8(11)6-7/h4-6,8-9H,2-3,7,10H2,1H3;7H,4-6H2,1-3H3. The van der Waals surface area contributed by atoms with Crippen LogP contribution in [0.15, 0.2) is 30.3 Å². The topological polar surface area (TPSA) is 43.4 Å². The zero-order chi connectivity index (χ0) is 18.5. The summed E-state index contributed by atoms with van der Waals surface area (Å²) in [4.78, 5) is 23.0. The van der Waals surface area contributed by atoms with Crippen LogP contribution >= 0.6 is 0 Å². The summed E-state index contributed by atoms with van der Waals surface area (Å²) in [5.74, 6) is 0.973. The Balaban J connectivity index is 0.000000185. The number of esters is 1. The zero-order valence-corrected chi connectivity index (χ0v) is 16.1. The molecule has 1 aromatic rings. The van der Waals surface area contributed by atoms with Gasteiger partial charge >= 0.3 is 5.97 Å². The van der Waals surface area contributed by atoms with Crippen LogP contribution in [0.3, 0.4) is 0 Å². The monoisotopic (exact) mass is 344 g/mol. The van der Waals surface area contributed by atoms with Gasteiger partial charge in [0, 0.05) is 11.8 Å². The van der Waals surface area contributed by atoms with E-state index in [4.69, 9.17) is 4.74 Å². The number of hydrogen-bond donors (Lipinski definition) is 0. The third-order valence-corrected chi connectivity index (χ3v) is 6.47. The average Bonchev–Trinajstić information content (AvgIpc) is 2.93. The lowest BCUT2D eigenvalue weighted by atomic mass is 9.70. The smallest absolute Gasteiger partial charge is 0.338 e. The highest BCUT2D eigenvalue weighted by atomic mass is 16.5. The van der Waals surface area contributed by atoms with E-state index in [1.807, 2.05) is 18.2 Å². The fourth-order valence-electron chi connectivity index (χ4n) is 4.08. The fraction of sp³-hybridized carbons (Fsp3) is 0.636.